The lowest BCUT2D eigenvalue weighted by Gasteiger charge is -2.15. The van der Waals surface area contributed by atoms with Crippen molar-refractivity contribution in [2.24, 2.45) is 5.92 Å². The Morgan fingerprint density at radius 1 is 1.32 bits per heavy atom. The molecule has 1 N–H and O–H groups in total. The minimum atomic E-state index is -4.34. The third kappa shape index (κ3) is 6.11. The predicted octanol–water partition coefficient (Wildman–Crippen LogP) is 3.49. The lowest BCUT2D eigenvalue weighted by Crippen LogP contribution is -2.28. The fourth-order valence-corrected chi connectivity index (χ4v) is 1.40. The predicted molar refractivity (Wildman–Crippen MR) is 65.6 cm³/mol. The Hall–Kier alpha value is -1.01. The third-order valence-electron chi connectivity index (χ3n) is 2.53. The van der Waals surface area contributed by atoms with Gasteiger partial charge in [0.05, 0.1) is 6.26 Å². The SMILES string of the molecule is CC(C)CNCc1coc(COC(C)C(F)(F)F)c1. The zero-order valence-electron chi connectivity index (χ0n) is 11.4. The summed E-state index contributed by atoms with van der Waals surface area (Å²) < 4.78 is 46.6. The van der Waals surface area contributed by atoms with Gasteiger partial charge in [0.15, 0.2) is 6.10 Å². The molecular formula is C13H20F3NO2. The zero-order valence-corrected chi connectivity index (χ0v) is 11.4. The van der Waals surface area contributed by atoms with Crippen LogP contribution in [0, 0.1) is 5.92 Å². The molecule has 0 radical (unpaired) electrons. The Morgan fingerprint density at radius 2 is 2.00 bits per heavy atom. The third-order valence-corrected chi connectivity index (χ3v) is 2.53. The van der Waals surface area contributed by atoms with E-state index in [-0.39, 0.29) is 6.61 Å². The first-order valence-electron chi connectivity index (χ1n) is 6.24. The second-order valence-corrected chi connectivity index (χ2v) is 4.94. The summed E-state index contributed by atoms with van der Waals surface area (Å²) >= 11 is 0. The number of halogens is 3. The lowest BCUT2D eigenvalue weighted by atomic mass is 10.2. The van der Waals surface area contributed by atoms with E-state index < -0.39 is 12.3 Å². The molecular weight excluding hydrogens is 259 g/mol. The maximum Gasteiger partial charge on any atom is 0.414 e. The van der Waals surface area contributed by atoms with E-state index in [1.807, 2.05) is 0 Å². The van der Waals surface area contributed by atoms with Gasteiger partial charge in [-0.1, -0.05) is 13.8 Å². The fourth-order valence-electron chi connectivity index (χ4n) is 1.40. The average Bonchev–Trinajstić information content (AvgIpc) is 2.72. The summed E-state index contributed by atoms with van der Waals surface area (Å²) in [7, 11) is 0. The van der Waals surface area contributed by atoms with E-state index in [9.17, 15) is 13.2 Å². The minimum Gasteiger partial charge on any atom is -0.467 e. The monoisotopic (exact) mass is 279 g/mol. The van der Waals surface area contributed by atoms with E-state index in [0.717, 1.165) is 19.0 Å². The van der Waals surface area contributed by atoms with Gasteiger partial charge < -0.3 is 14.5 Å². The van der Waals surface area contributed by atoms with Gasteiger partial charge in [-0.05, 0) is 25.5 Å². The molecule has 0 saturated heterocycles. The van der Waals surface area contributed by atoms with Crippen LogP contribution in [0.5, 0.6) is 0 Å². The van der Waals surface area contributed by atoms with E-state index in [1.54, 1.807) is 6.07 Å². The summed E-state index contributed by atoms with van der Waals surface area (Å²) in [6, 6.07) is 1.70. The summed E-state index contributed by atoms with van der Waals surface area (Å²) in [5.74, 6) is 0.944. The molecule has 1 aromatic rings. The summed E-state index contributed by atoms with van der Waals surface area (Å²) in [5, 5.41) is 3.22. The van der Waals surface area contributed by atoms with Gasteiger partial charge in [0, 0.05) is 12.1 Å². The number of nitrogens with one attached hydrogen (secondary N) is 1. The molecule has 110 valence electrons. The molecule has 0 fully saturated rings. The normalized spacial score (nSPS) is 14.1. The van der Waals surface area contributed by atoms with Crippen LogP contribution in [0.4, 0.5) is 13.2 Å². The number of furan rings is 1. The molecule has 0 saturated carbocycles. The molecule has 0 aliphatic rings. The van der Waals surface area contributed by atoms with Gasteiger partial charge in [-0.25, -0.2) is 0 Å². The first-order valence-corrected chi connectivity index (χ1v) is 6.24. The Kier molecular flexibility index (Phi) is 5.87. The standard InChI is InChI=1S/C13H20F3NO2/c1-9(2)5-17-6-11-4-12(19-7-11)8-18-10(3)13(14,15)16/h4,7,9-10,17H,5-6,8H2,1-3H3. The smallest absolute Gasteiger partial charge is 0.414 e. The molecule has 6 heteroatoms. The van der Waals surface area contributed by atoms with Crippen LogP contribution in [-0.4, -0.2) is 18.8 Å². The summed E-state index contributed by atoms with van der Waals surface area (Å²) in [4.78, 5) is 0. The molecule has 0 amide bonds. The minimum absolute atomic E-state index is 0.176. The highest BCUT2D eigenvalue weighted by Crippen LogP contribution is 2.23. The molecule has 0 aliphatic carbocycles. The topological polar surface area (TPSA) is 34.4 Å². The van der Waals surface area contributed by atoms with Crippen molar-refractivity contribution in [2.45, 2.75) is 46.2 Å². The van der Waals surface area contributed by atoms with Crippen molar-refractivity contribution >= 4 is 0 Å². The molecule has 1 rings (SSSR count). The Labute approximate surface area is 111 Å². The van der Waals surface area contributed by atoms with Crippen molar-refractivity contribution in [3.63, 3.8) is 0 Å². The molecule has 0 bridgehead atoms. The molecule has 1 aromatic heterocycles. The van der Waals surface area contributed by atoms with Crippen molar-refractivity contribution in [3.8, 4) is 0 Å². The summed E-state index contributed by atoms with van der Waals surface area (Å²) in [6.45, 7) is 6.51. The Morgan fingerprint density at radius 3 is 2.58 bits per heavy atom. The maximum absolute atomic E-state index is 12.2. The summed E-state index contributed by atoms with van der Waals surface area (Å²) in [5.41, 5.74) is 0.902. The van der Waals surface area contributed by atoms with E-state index >= 15 is 0 Å². The van der Waals surface area contributed by atoms with E-state index in [1.165, 1.54) is 6.26 Å². The number of hydrogen-bond donors (Lipinski definition) is 1. The molecule has 0 aliphatic heterocycles. The van der Waals surface area contributed by atoms with E-state index in [2.05, 4.69) is 19.2 Å². The van der Waals surface area contributed by atoms with Crippen LogP contribution in [0.1, 0.15) is 32.1 Å². The highest BCUT2D eigenvalue weighted by atomic mass is 19.4. The van der Waals surface area contributed by atoms with E-state index in [0.29, 0.717) is 18.2 Å². The molecule has 1 unspecified atom stereocenters. The lowest BCUT2D eigenvalue weighted by molar-refractivity contribution is -0.218. The first-order chi connectivity index (χ1) is 8.79. The quantitative estimate of drug-likeness (QED) is 0.829. The second-order valence-electron chi connectivity index (χ2n) is 4.94. The molecule has 19 heavy (non-hydrogen) atoms. The first kappa shape index (κ1) is 16.0. The van der Waals surface area contributed by atoms with Crippen molar-refractivity contribution in [1.82, 2.24) is 5.32 Å². The number of ether oxygens (including phenoxy) is 1. The van der Waals surface area contributed by atoms with Crippen LogP contribution in [0.15, 0.2) is 16.7 Å². The van der Waals surface area contributed by atoms with Gasteiger partial charge in [0.2, 0.25) is 0 Å². The second kappa shape index (κ2) is 6.96. The van der Waals surface area contributed by atoms with Crippen molar-refractivity contribution < 1.29 is 22.3 Å². The van der Waals surface area contributed by atoms with Gasteiger partial charge in [0.25, 0.3) is 0 Å². The molecule has 0 aromatic carbocycles. The van der Waals surface area contributed by atoms with E-state index in [4.69, 9.17) is 9.15 Å². The fraction of sp³-hybridized carbons (Fsp3) is 0.692. The molecule has 1 heterocycles. The van der Waals surface area contributed by atoms with Gasteiger partial charge in [-0.15, -0.1) is 0 Å². The zero-order chi connectivity index (χ0) is 14.5. The van der Waals surface area contributed by atoms with Crippen LogP contribution < -0.4 is 5.32 Å². The van der Waals surface area contributed by atoms with Crippen LogP contribution in [-0.2, 0) is 17.9 Å². The molecule has 3 nitrogen and oxygen atoms in total. The summed E-state index contributed by atoms with van der Waals surface area (Å²) in [6.07, 6.45) is -4.60. The van der Waals surface area contributed by atoms with Crippen molar-refractivity contribution in [1.29, 1.82) is 0 Å². The van der Waals surface area contributed by atoms with Crippen LogP contribution >= 0.6 is 0 Å². The molecule has 0 spiro atoms. The number of hydrogen-bond acceptors (Lipinski definition) is 3. The average molecular weight is 279 g/mol. The number of alkyl halides is 3. The molecule has 1 atom stereocenters. The Balaban J connectivity index is 2.34. The van der Waals surface area contributed by atoms with Gasteiger partial charge in [-0.2, -0.15) is 13.2 Å². The highest BCUT2D eigenvalue weighted by Gasteiger charge is 2.36. The maximum atomic E-state index is 12.2. The van der Waals surface area contributed by atoms with Gasteiger partial charge >= 0.3 is 6.18 Å². The Bertz CT molecular complexity index is 374. The highest BCUT2D eigenvalue weighted by molar-refractivity contribution is 5.12. The largest absolute Gasteiger partial charge is 0.467 e. The van der Waals surface area contributed by atoms with Crippen LogP contribution in [0.3, 0.4) is 0 Å². The van der Waals surface area contributed by atoms with Crippen LogP contribution in [0.25, 0.3) is 0 Å². The van der Waals surface area contributed by atoms with Crippen LogP contribution in [0.2, 0.25) is 0 Å². The van der Waals surface area contributed by atoms with Crippen molar-refractivity contribution in [3.05, 3.63) is 23.7 Å². The van der Waals surface area contributed by atoms with Crippen molar-refractivity contribution in [2.75, 3.05) is 6.54 Å². The van der Waals surface area contributed by atoms with Gasteiger partial charge in [0.1, 0.15) is 12.4 Å². The number of rotatable bonds is 7. The van der Waals surface area contributed by atoms with Gasteiger partial charge in [-0.3, -0.25) is 0 Å².